The molecule has 0 spiro atoms. The first-order valence-corrected chi connectivity index (χ1v) is 9.60. The third-order valence-electron chi connectivity index (χ3n) is 5.56. The van der Waals surface area contributed by atoms with Crippen LogP contribution in [0, 0.1) is 12.7 Å². The lowest BCUT2D eigenvalue weighted by atomic mass is 9.76. The van der Waals surface area contributed by atoms with Crippen LogP contribution in [-0.4, -0.2) is 24.4 Å². The fourth-order valence-electron chi connectivity index (χ4n) is 3.07. The van der Waals surface area contributed by atoms with E-state index in [1.165, 1.54) is 24.3 Å². The molecule has 5 nitrogen and oxygen atoms in total. The van der Waals surface area contributed by atoms with Crippen molar-refractivity contribution in [3.8, 4) is 0 Å². The Morgan fingerprint density at radius 3 is 2.19 bits per heavy atom. The highest BCUT2D eigenvalue weighted by Crippen LogP contribution is 2.37. The molecule has 3 rings (SSSR count). The fourth-order valence-corrected chi connectivity index (χ4v) is 3.07. The standard InChI is InChI=1S/C21H23BF4N2O3/c1-12-9-16(23)17(11-15(12)22-30-19(2,3)20(4,5)31-22)28-18(29)27-14-8-6-7-13(10-14)21(24,25)26/h6-11H,1-5H3,(H2,27,28,29). The first-order chi connectivity index (χ1) is 14.2. The number of hydrogen-bond acceptors (Lipinski definition) is 3. The predicted molar refractivity (Wildman–Crippen MR) is 111 cm³/mol. The van der Waals surface area contributed by atoms with Gasteiger partial charge in [0.05, 0.1) is 22.5 Å². The molecular formula is C21H23BF4N2O3. The Kier molecular flexibility index (Phi) is 5.83. The molecule has 2 aromatic rings. The Bertz CT molecular complexity index is 993. The van der Waals surface area contributed by atoms with Crippen LogP contribution in [0.15, 0.2) is 36.4 Å². The molecule has 166 valence electrons. The monoisotopic (exact) mass is 438 g/mol. The SMILES string of the molecule is Cc1cc(F)c(NC(=O)Nc2cccc(C(F)(F)F)c2)cc1B1OC(C)(C)C(C)(C)O1. The molecular weight excluding hydrogens is 415 g/mol. The molecule has 1 saturated heterocycles. The number of carbonyl (C=O) groups excluding carboxylic acids is 1. The Labute approximate surface area is 178 Å². The van der Waals surface area contributed by atoms with Gasteiger partial charge in [0.25, 0.3) is 0 Å². The van der Waals surface area contributed by atoms with Crippen molar-refractivity contribution in [3.05, 3.63) is 53.3 Å². The Balaban J connectivity index is 1.80. The van der Waals surface area contributed by atoms with E-state index >= 15 is 0 Å². The van der Waals surface area contributed by atoms with Crippen LogP contribution in [0.5, 0.6) is 0 Å². The van der Waals surface area contributed by atoms with E-state index in [1.54, 1.807) is 6.92 Å². The molecule has 0 saturated carbocycles. The summed E-state index contributed by atoms with van der Waals surface area (Å²) in [4.78, 5) is 12.3. The van der Waals surface area contributed by atoms with Gasteiger partial charge >= 0.3 is 19.3 Å². The van der Waals surface area contributed by atoms with E-state index in [-0.39, 0.29) is 11.4 Å². The lowest BCUT2D eigenvalue weighted by molar-refractivity contribution is -0.137. The topological polar surface area (TPSA) is 59.6 Å². The summed E-state index contributed by atoms with van der Waals surface area (Å²) in [5.74, 6) is -0.697. The van der Waals surface area contributed by atoms with Crippen LogP contribution < -0.4 is 16.1 Å². The maximum absolute atomic E-state index is 14.5. The number of benzene rings is 2. The second-order valence-electron chi connectivity index (χ2n) is 8.43. The largest absolute Gasteiger partial charge is 0.495 e. The van der Waals surface area contributed by atoms with Crippen LogP contribution in [-0.2, 0) is 15.5 Å². The first-order valence-electron chi connectivity index (χ1n) is 9.60. The Hall–Kier alpha value is -2.59. The van der Waals surface area contributed by atoms with Crippen LogP contribution in [0.3, 0.4) is 0 Å². The van der Waals surface area contributed by atoms with Gasteiger partial charge in [0.2, 0.25) is 0 Å². The minimum Gasteiger partial charge on any atom is -0.399 e. The van der Waals surface area contributed by atoms with E-state index in [1.807, 2.05) is 27.7 Å². The number of halogens is 4. The van der Waals surface area contributed by atoms with Gasteiger partial charge in [-0.05, 0) is 76.0 Å². The summed E-state index contributed by atoms with van der Waals surface area (Å²) < 4.78 is 65.0. The number of anilines is 2. The van der Waals surface area contributed by atoms with Gasteiger partial charge in [-0.25, -0.2) is 9.18 Å². The molecule has 2 amide bonds. The molecule has 1 aliphatic heterocycles. The lowest BCUT2D eigenvalue weighted by Crippen LogP contribution is -2.41. The summed E-state index contributed by atoms with van der Waals surface area (Å²) >= 11 is 0. The summed E-state index contributed by atoms with van der Waals surface area (Å²) in [6, 6.07) is 5.90. The van der Waals surface area contributed by atoms with Crippen LogP contribution in [0.4, 0.5) is 33.7 Å². The minimum atomic E-state index is -4.55. The zero-order chi connectivity index (χ0) is 23.2. The van der Waals surface area contributed by atoms with Gasteiger partial charge in [0.1, 0.15) is 5.82 Å². The quantitative estimate of drug-likeness (QED) is 0.518. The molecule has 31 heavy (non-hydrogen) atoms. The molecule has 0 bridgehead atoms. The normalized spacial score (nSPS) is 17.5. The van der Waals surface area contributed by atoms with Crippen molar-refractivity contribution in [2.75, 3.05) is 10.6 Å². The van der Waals surface area contributed by atoms with Crippen molar-refractivity contribution in [1.82, 2.24) is 0 Å². The molecule has 2 N–H and O–H groups in total. The molecule has 1 heterocycles. The smallest absolute Gasteiger partial charge is 0.399 e. The average molecular weight is 438 g/mol. The maximum atomic E-state index is 14.5. The van der Waals surface area contributed by atoms with Crippen molar-refractivity contribution in [1.29, 1.82) is 0 Å². The molecule has 0 atom stereocenters. The van der Waals surface area contributed by atoms with E-state index in [9.17, 15) is 22.4 Å². The van der Waals surface area contributed by atoms with Crippen LogP contribution in [0.1, 0.15) is 38.8 Å². The third-order valence-corrected chi connectivity index (χ3v) is 5.56. The highest BCUT2D eigenvalue weighted by molar-refractivity contribution is 6.62. The zero-order valence-electron chi connectivity index (χ0n) is 17.8. The van der Waals surface area contributed by atoms with Gasteiger partial charge in [0.15, 0.2) is 0 Å². The number of amides is 2. The Morgan fingerprint density at radius 1 is 1.00 bits per heavy atom. The van der Waals surface area contributed by atoms with E-state index in [0.717, 1.165) is 12.1 Å². The molecule has 10 heteroatoms. The molecule has 0 aliphatic carbocycles. The maximum Gasteiger partial charge on any atom is 0.495 e. The van der Waals surface area contributed by atoms with E-state index in [4.69, 9.17) is 9.31 Å². The number of hydrogen-bond donors (Lipinski definition) is 2. The molecule has 2 aromatic carbocycles. The van der Waals surface area contributed by atoms with Crippen molar-refractivity contribution in [2.24, 2.45) is 0 Å². The second kappa shape index (κ2) is 7.83. The van der Waals surface area contributed by atoms with E-state index < -0.39 is 41.9 Å². The third kappa shape index (κ3) is 4.85. The van der Waals surface area contributed by atoms with Gasteiger partial charge in [-0.2, -0.15) is 13.2 Å². The lowest BCUT2D eigenvalue weighted by Gasteiger charge is -2.32. The van der Waals surface area contributed by atoms with Gasteiger partial charge in [0, 0.05) is 5.69 Å². The van der Waals surface area contributed by atoms with Crippen LogP contribution in [0.25, 0.3) is 0 Å². The van der Waals surface area contributed by atoms with Crippen molar-refractivity contribution >= 4 is 30.0 Å². The Morgan fingerprint density at radius 2 is 1.61 bits per heavy atom. The van der Waals surface area contributed by atoms with Crippen molar-refractivity contribution in [3.63, 3.8) is 0 Å². The number of rotatable bonds is 3. The summed E-state index contributed by atoms with van der Waals surface area (Å²) in [5.41, 5.74) is -1.24. The second-order valence-corrected chi connectivity index (χ2v) is 8.43. The van der Waals surface area contributed by atoms with E-state index in [2.05, 4.69) is 10.6 Å². The van der Waals surface area contributed by atoms with Crippen molar-refractivity contribution < 1.29 is 31.7 Å². The molecule has 1 fully saturated rings. The molecule has 0 unspecified atom stereocenters. The summed E-state index contributed by atoms with van der Waals surface area (Å²) in [6.45, 7) is 9.22. The number of nitrogens with one attached hydrogen (secondary N) is 2. The zero-order valence-corrected chi connectivity index (χ0v) is 17.8. The van der Waals surface area contributed by atoms with Gasteiger partial charge < -0.3 is 19.9 Å². The van der Waals surface area contributed by atoms with Crippen molar-refractivity contribution in [2.45, 2.75) is 52.0 Å². The number of aryl methyl sites for hydroxylation is 1. The van der Waals surface area contributed by atoms with Gasteiger partial charge in [-0.3, -0.25) is 0 Å². The summed E-state index contributed by atoms with van der Waals surface area (Å²) in [5, 5.41) is 4.61. The summed E-state index contributed by atoms with van der Waals surface area (Å²) in [6.07, 6.45) is -4.55. The fraction of sp³-hybridized carbons (Fsp3) is 0.381. The predicted octanol–water partition coefficient (Wildman–Crippen LogP) is 5.10. The highest BCUT2D eigenvalue weighted by Gasteiger charge is 2.52. The number of urea groups is 1. The minimum absolute atomic E-state index is 0.0778. The average Bonchev–Trinajstić information content (AvgIpc) is 2.84. The highest BCUT2D eigenvalue weighted by atomic mass is 19.4. The van der Waals surface area contributed by atoms with Gasteiger partial charge in [-0.15, -0.1) is 0 Å². The molecule has 0 aromatic heterocycles. The molecule has 0 radical (unpaired) electrons. The van der Waals surface area contributed by atoms with Crippen LogP contribution in [0.2, 0.25) is 0 Å². The molecule has 1 aliphatic rings. The number of alkyl halides is 3. The first kappa shape index (κ1) is 23.1. The van der Waals surface area contributed by atoms with Gasteiger partial charge in [-0.1, -0.05) is 6.07 Å². The van der Waals surface area contributed by atoms with Crippen LogP contribution >= 0.6 is 0 Å². The number of carbonyl (C=O) groups is 1. The summed E-state index contributed by atoms with van der Waals surface area (Å²) in [7, 11) is -0.766. The van der Waals surface area contributed by atoms with E-state index in [0.29, 0.717) is 11.0 Å².